The molecule has 2 aliphatic rings. The van der Waals surface area contributed by atoms with Crippen molar-refractivity contribution in [3.8, 4) is 34.8 Å². The van der Waals surface area contributed by atoms with E-state index in [2.05, 4.69) is 126 Å². The Bertz CT molecular complexity index is 2360. The molecule has 0 bridgehead atoms. The molecule has 0 fully saturated rings. The van der Waals surface area contributed by atoms with E-state index >= 15 is 0 Å². The van der Waals surface area contributed by atoms with E-state index < -0.39 is 8.32 Å². The van der Waals surface area contributed by atoms with Crippen LogP contribution in [0.2, 0.25) is 18.1 Å². The van der Waals surface area contributed by atoms with Crippen LogP contribution >= 0.6 is 23.5 Å². The van der Waals surface area contributed by atoms with Crippen molar-refractivity contribution in [2.45, 2.75) is 175 Å². The van der Waals surface area contributed by atoms with Gasteiger partial charge in [0, 0.05) is 80.2 Å². The lowest BCUT2D eigenvalue weighted by molar-refractivity contribution is 0.0507. The molecule has 0 spiro atoms. The smallest absolute Gasteiger partial charge is 0.191 e. The van der Waals surface area contributed by atoms with Crippen LogP contribution in [0.15, 0.2) is 94.7 Å². The number of unbranched alkanes of at least 4 members (excludes halogenated alkanes) is 11. The van der Waals surface area contributed by atoms with Gasteiger partial charge in [-0.1, -0.05) is 135 Å². The third-order valence-electron chi connectivity index (χ3n) is 15.6. The van der Waals surface area contributed by atoms with E-state index in [1.807, 2.05) is 41.7 Å². The number of aliphatic hydroxyl groups is 1. The Morgan fingerprint density at radius 2 is 0.974 bits per heavy atom. The standard InChI is InChI=1S/C35H52O5SSi.C29H42O5S/c1-34(2,3)42(7,8)40-23-15-13-11-9-10-12-14-16-32-31-22-21-30(39-27-37-6)24-33(31)41-25-35(32,4)28-17-19-29(20-18-28)38-26-36-5;1-29(23-12-14-24(15-13-23)33-21-31-2)20-35-28-19-25(34-22-32-3)16-17-26(28)27(29)11-9-7-5-4-6-8-10-18-30/h17-22,24,32H,9-13,15,23,25-27H2,1-8H3;12-17,19,27,30H,4-11,18,20-22H2,1-3H3. The first kappa shape index (κ1) is 64.1. The van der Waals surface area contributed by atoms with Crippen molar-refractivity contribution in [1.82, 2.24) is 0 Å². The highest BCUT2D eigenvalue weighted by atomic mass is 32.2. The molecule has 10 nitrogen and oxygen atoms in total. The third-order valence-corrected chi connectivity index (χ3v) is 23.0. The fourth-order valence-electron chi connectivity index (χ4n) is 9.84. The first-order valence-corrected chi connectivity index (χ1v) is 33.0. The van der Waals surface area contributed by atoms with Gasteiger partial charge in [-0.05, 0) is 121 Å². The van der Waals surface area contributed by atoms with Crippen molar-refractivity contribution in [3.05, 3.63) is 107 Å². The van der Waals surface area contributed by atoms with Gasteiger partial charge >= 0.3 is 0 Å². The summed E-state index contributed by atoms with van der Waals surface area (Å²) in [6.07, 6.45) is 16.4. The number of methoxy groups -OCH3 is 4. The molecule has 426 valence electrons. The zero-order valence-electron chi connectivity index (χ0n) is 48.7. The summed E-state index contributed by atoms with van der Waals surface area (Å²) in [7, 11) is 4.92. The Kier molecular flexibility index (Phi) is 27.6. The number of rotatable bonds is 31. The summed E-state index contributed by atoms with van der Waals surface area (Å²) in [4.78, 5) is 2.56. The highest BCUT2D eigenvalue weighted by molar-refractivity contribution is 7.99. The summed E-state index contributed by atoms with van der Waals surface area (Å²) in [5, 5.41) is 9.24. The fraction of sp³-hybridized carbons (Fsp3) is 0.594. The average molecular weight is 1120 g/mol. The zero-order valence-corrected chi connectivity index (χ0v) is 51.4. The molecule has 0 aliphatic carbocycles. The molecular formula is C64H94O10S2Si. The quantitative estimate of drug-likeness (QED) is 0.0225. The normalized spacial score (nSPS) is 19.0. The molecule has 0 amide bonds. The lowest BCUT2D eigenvalue weighted by Crippen LogP contribution is -2.40. The molecule has 4 atom stereocenters. The molecule has 77 heavy (non-hydrogen) atoms. The van der Waals surface area contributed by atoms with Gasteiger partial charge in [-0.2, -0.15) is 0 Å². The van der Waals surface area contributed by atoms with Crippen LogP contribution in [-0.2, 0) is 34.2 Å². The molecule has 2 aliphatic heterocycles. The Morgan fingerprint density at radius 1 is 0.545 bits per heavy atom. The number of hydrogen-bond donors (Lipinski definition) is 1. The number of fused-ring (bicyclic) bond motifs is 2. The Morgan fingerprint density at radius 3 is 1.49 bits per heavy atom. The minimum atomic E-state index is -1.63. The van der Waals surface area contributed by atoms with E-state index in [1.165, 1.54) is 89.8 Å². The van der Waals surface area contributed by atoms with Gasteiger partial charge in [0.05, 0.1) is 5.92 Å². The zero-order chi connectivity index (χ0) is 55.6. The average Bonchev–Trinajstić information content (AvgIpc) is 3.45. The van der Waals surface area contributed by atoms with Crippen molar-refractivity contribution in [2.75, 3.05) is 80.3 Å². The van der Waals surface area contributed by atoms with Crippen molar-refractivity contribution in [3.63, 3.8) is 0 Å². The van der Waals surface area contributed by atoms with Crippen LogP contribution in [0.4, 0.5) is 0 Å². The fourth-order valence-corrected chi connectivity index (χ4v) is 13.7. The Labute approximate surface area is 474 Å². The van der Waals surface area contributed by atoms with Crippen LogP contribution in [0.25, 0.3) is 0 Å². The second-order valence-corrected chi connectivity index (χ2v) is 29.3. The molecule has 4 aromatic carbocycles. The van der Waals surface area contributed by atoms with Crippen LogP contribution in [0.3, 0.4) is 0 Å². The highest BCUT2D eigenvalue weighted by Crippen LogP contribution is 2.53. The molecule has 0 saturated heterocycles. The van der Waals surface area contributed by atoms with Crippen LogP contribution in [0.5, 0.6) is 23.0 Å². The maximum atomic E-state index is 8.96. The Hall–Kier alpha value is -3.68. The Balaban J connectivity index is 0.000000289. The first-order valence-electron chi connectivity index (χ1n) is 28.1. The molecule has 0 aromatic heterocycles. The topological polar surface area (TPSA) is 103 Å². The minimum Gasteiger partial charge on any atom is -0.468 e. The largest absolute Gasteiger partial charge is 0.468 e. The van der Waals surface area contributed by atoms with Crippen molar-refractivity contribution in [1.29, 1.82) is 0 Å². The van der Waals surface area contributed by atoms with Crippen LogP contribution in [0.1, 0.15) is 159 Å². The molecule has 1 N–H and O–H groups in total. The molecule has 4 aromatic rings. The monoisotopic (exact) mass is 1110 g/mol. The van der Waals surface area contributed by atoms with E-state index in [-0.39, 0.29) is 49.0 Å². The van der Waals surface area contributed by atoms with Gasteiger partial charge in [0.25, 0.3) is 0 Å². The summed E-state index contributed by atoms with van der Waals surface area (Å²) >= 11 is 3.79. The summed E-state index contributed by atoms with van der Waals surface area (Å²) < 4.78 is 49.3. The predicted molar refractivity (Wildman–Crippen MR) is 320 cm³/mol. The van der Waals surface area contributed by atoms with Crippen LogP contribution in [0, 0.1) is 11.8 Å². The summed E-state index contributed by atoms with van der Waals surface area (Å²) in [5.74, 6) is 13.1. The third kappa shape index (κ3) is 19.5. The van der Waals surface area contributed by atoms with Crippen LogP contribution in [-0.4, -0.2) is 93.8 Å². The van der Waals surface area contributed by atoms with Gasteiger partial charge in [0.15, 0.2) is 35.5 Å². The minimum absolute atomic E-state index is 0.0352. The SMILES string of the molecule is COCOc1ccc(C2(C)CSc3cc(OCOC)ccc3C2C#CCCCCCCCO[Si](C)(C)C(C)(C)C)cc1.COCOc1ccc(C2(C)CSc3cc(OCOC)ccc3C2CCCCCCCCCO)cc1. The van der Waals surface area contributed by atoms with Gasteiger partial charge in [0.2, 0.25) is 0 Å². The van der Waals surface area contributed by atoms with Crippen molar-refractivity contribution in [2.24, 2.45) is 0 Å². The number of aliphatic hydroxyl groups excluding tert-OH is 1. The van der Waals surface area contributed by atoms with E-state index in [1.54, 1.807) is 28.4 Å². The van der Waals surface area contributed by atoms with Crippen LogP contribution < -0.4 is 18.9 Å². The molecule has 6 rings (SSSR count). The maximum Gasteiger partial charge on any atom is 0.191 e. The molecule has 0 saturated carbocycles. The molecule has 4 unspecified atom stereocenters. The lowest BCUT2D eigenvalue weighted by atomic mass is 9.68. The van der Waals surface area contributed by atoms with E-state index in [9.17, 15) is 0 Å². The summed E-state index contributed by atoms with van der Waals surface area (Å²) in [5.41, 5.74) is 5.22. The molecule has 2 heterocycles. The number of benzene rings is 4. The molecule has 13 heteroatoms. The van der Waals surface area contributed by atoms with E-state index in [4.69, 9.17) is 47.4 Å². The summed E-state index contributed by atoms with van der Waals surface area (Å²) in [6, 6.07) is 29.9. The van der Waals surface area contributed by atoms with Gasteiger partial charge in [0.1, 0.15) is 23.0 Å². The predicted octanol–water partition coefficient (Wildman–Crippen LogP) is 16.1. The first-order chi connectivity index (χ1) is 37.1. The maximum absolute atomic E-state index is 8.96. The van der Waals surface area contributed by atoms with Gasteiger partial charge in [-0.25, -0.2) is 0 Å². The van der Waals surface area contributed by atoms with Gasteiger partial charge in [-0.3, -0.25) is 0 Å². The van der Waals surface area contributed by atoms with Gasteiger partial charge in [-0.15, -0.1) is 29.4 Å². The van der Waals surface area contributed by atoms with Gasteiger partial charge < -0.3 is 47.4 Å². The molecular weight excluding hydrogens is 1020 g/mol. The highest BCUT2D eigenvalue weighted by Gasteiger charge is 2.43. The number of hydrogen-bond acceptors (Lipinski definition) is 12. The van der Waals surface area contributed by atoms with E-state index in [0.29, 0.717) is 12.5 Å². The summed E-state index contributed by atoms with van der Waals surface area (Å²) in [6.45, 7) is 18.6. The lowest BCUT2D eigenvalue weighted by Gasteiger charge is -2.43. The number of ether oxygens (including phenoxy) is 8. The number of thioether (sulfide) groups is 2. The van der Waals surface area contributed by atoms with Crippen molar-refractivity contribution < 1.29 is 47.4 Å². The van der Waals surface area contributed by atoms with E-state index in [0.717, 1.165) is 73.2 Å². The second kappa shape index (κ2) is 33.2. The molecule has 0 radical (unpaired) electrons. The second-order valence-electron chi connectivity index (χ2n) is 22.5. The van der Waals surface area contributed by atoms with Crippen molar-refractivity contribution >= 4 is 31.8 Å².